The van der Waals surface area contributed by atoms with E-state index in [2.05, 4.69) is 17.1 Å². The van der Waals surface area contributed by atoms with E-state index >= 15 is 0 Å². The van der Waals surface area contributed by atoms with E-state index in [1.165, 1.54) is 25.7 Å². The molecular weight excluding hydrogens is 328 g/mol. The minimum Gasteiger partial charge on any atom is -0.376 e. The molecule has 2 amide bonds. The number of nitrogens with zero attached hydrogens (tertiary/aromatic N) is 2. The van der Waals surface area contributed by atoms with Crippen LogP contribution in [-0.4, -0.2) is 49.4 Å². The lowest BCUT2D eigenvalue weighted by Gasteiger charge is -2.31. The van der Waals surface area contributed by atoms with E-state index in [-0.39, 0.29) is 12.5 Å². The highest BCUT2D eigenvalue weighted by atomic mass is 16.2. The van der Waals surface area contributed by atoms with Gasteiger partial charge in [0.25, 0.3) is 5.91 Å². The van der Waals surface area contributed by atoms with Crippen LogP contribution in [0.2, 0.25) is 0 Å². The molecule has 2 aliphatic heterocycles. The summed E-state index contributed by atoms with van der Waals surface area (Å²) in [5, 5.41) is 3.13. The molecule has 0 unspecified atom stereocenters. The SMILES string of the molecule is C[C@H]1CCCN(C(=O)CNc2ccc(N3CCCCC3)cc2C(N)=O)C1. The van der Waals surface area contributed by atoms with Crippen molar-refractivity contribution in [3.05, 3.63) is 23.8 Å². The fraction of sp³-hybridized carbons (Fsp3) is 0.600. The summed E-state index contributed by atoms with van der Waals surface area (Å²) in [7, 11) is 0. The summed E-state index contributed by atoms with van der Waals surface area (Å²) in [5.74, 6) is 0.162. The number of hydrogen-bond donors (Lipinski definition) is 2. The number of amides is 2. The zero-order valence-electron chi connectivity index (χ0n) is 15.7. The van der Waals surface area contributed by atoms with Crippen LogP contribution < -0.4 is 16.0 Å². The van der Waals surface area contributed by atoms with Crippen LogP contribution in [0.15, 0.2) is 18.2 Å². The number of rotatable bonds is 5. The third-order valence-corrected chi connectivity index (χ3v) is 5.43. The van der Waals surface area contributed by atoms with E-state index in [1.54, 1.807) is 0 Å². The summed E-state index contributed by atoms with van der Waals surface area (Å²) in [6.07, 6.45) is 5.85. The van der Waals surface area contributed by atoms with E-state index in [0.29, 0.717) is 17.2 Å². The average molecular weight is 358 g/mol. The Kier molecular flexibility index (Phi) is 6.01. The number of carbonyl (C=O) groups excluding carboxylic acids is 2. The van der Waals surface area contributed by atoms with Gasteiger partial charge in [-0.1, -0.05) is 6.92 Å². The van der Waals surface area contributed by atoms with Crippen LogP contribution in [0.25, 0.3) is 0 Å². The summed E-state index contributed by atoms with van der Waals surface area (Å²) in [6, 6.07) is 5.73. The lowest BCUT2D eigenvalue weighted by molar-refractivity contribution is -0.130. The van der Waals surface area contributed by atoms with Gasteiger partial charge in [0.05, 0.1) is 12.1 Å². The Morgan fingerprint density at radius 3 is 2.62 bits per heavy atom. The van der Waals surface area contributed by atoms with Crippen LogP contribution in [0.1, 0.15) is 49.4 Å². The molecule has 2 saturated heterocycles. The van der Waals surface area contributed by atoms with Crippen molar-refractivity contribution in [3.63, 3.8) is 0 Å². The van der Waals surface area contributed by atoms with Crippen molar-refractivity contribution in [2.24, 2.45) is 11.7 Å². The molecule has 26 heavy (non-hydrogen) atoms. The highest BCUT2D eigenvalue weighted by Gasteiger charge is 2.21. The van der Waals surface area contributed by atoms with E-state index in [1.807, 2.05) is 23.1 Å². The Balaban J connectivity index is 1.66. The second-order valence-electron chi connectivity index (χ2n) is 7.58. The van der Waals surface area contributed by atoms with Crippen molar-refractivity contribution in [2.75, 3.05) is 42.9 Å². The first kappa shape index (κ1) is 18.5. The third kappa shape index (κ3) is 4.48. The Bertz CT molecular complexity index is 655. The minimum absolute atomic E-state index is 0.0760. The number of likely N-dealkylation sites (tertiary alicyclic amines) is 1. The van der Waals surface area contributed by atoms with Crippen LogP contribution in [-0.2, 0) is 4.79 Å². The fourth-order valence-corrected chi connectivity index (χ4v) is 3.94. The van der Waals surface area contributed by atoms with Gasteiger partial charge < -0.3 is 20.9 Å². The van der Waals surface area contributed by atoms with Gasteiger partial charge >= 0.3 is 0 Å². The summed E-state index contributed by atoms with van der Waals surface area (Å²) >= 11 is 0. The molecule has 0 radical (unpaired) electrons. The minimum atomic E-state index is -0.467. The molecule has 0 saturated carbocycles. The molecule has 2 heterocycles. The summed E-state index contributed by atoms with van der Waals surface area (Å²) in [6.45, 7) is 6.03. The quantitative estimate of drug-likeness (QED) is 0.847. The first-order valence-electron chi connectivity index (χ1n) is 9.75. The van der Waals surface area contributed by atoms with E-state index < -0.39 is 5.91 Å². The van der Waals surface area contributed by atoms with Gasteiger partial charge in [-0.05, 0) is 56.2 Å². The zero-order valence-corrected chi connectivity index (χ0v) is 15.7. The molecule has 0 aliphatic carbocycles. The van der Waals surface area contributed by atoms with Crippen molar-refractivity contribution in [1.82, 2.24) is 4.90 Å². The van der Waals surface area contributed by atoms with E-state index in [4.69, 9.17) is 5.73 Å². The second-order valence-corrected chi connectivity index (χ2v) is 7.58. The van der Waals surface area contributed by atoms with Crippen molar-refractivity contribution in [3.8, 4) is 0 Å². The molecule has 6 nitrogen and oxygen atoms in total. The van der Waals surface area contributed by atoms with Crippen LogP contribution >= 0.6 is 0 Å². The number of primary amides is 1. The molecule has 1 aromatic rings. The van der Waals surface area contributed by atoms with Crippen LogP contribution in [0.3, 0.4) is 0 Å². The summed E-state index contributed by atoms with van der Waals surface area (Å²) < 4.78 is 0. The molecular formula is C20H30N4O2. The first-order valence-corrected chi connectivity index (χ1v) is 9.75. The largest absolute Gasteiger partial charge is 0.376 e. The lowest BCUT2D eigenvalue weighted by atomic mass is 10.0. The molecule has 2 aliphatic rings. The third-order valence-electron chi connectivity index (χ3n) is 5.43. The van der Waals surface area contributed by atoms with Crippen molar-refractivity contribution < 1.29 is 9.59 Å². The highest BCUT2D eigenvalue weighted by molar-refractivity contribution is 6.00. The van der Waals surface area contributed by atoms with Gasteiger partial charge in [-0.3, -0.25) is 9.59 Å². The van der Waals surface area contributed by atoms with Gasteiger partial charge in [0.15, 0.2) is 0 Å². The Labute approximate surface area is 155 Å². The topological polar surface area (TPSA) is 78.7 Å². The number of nitrogens with one attached hydrogen (secondary N) is 1. The van der Waals surface area contributed by atoms with Gasteiger partial charge in [0.2, 0.25) is 5.91 Å². The van der Waals surface area contributed by atoms with E-state index in [0.717, 1.165) is 38.3 Å². The standard InChI is InChI=1S/C20H30N4O2/c1-15-6-5-11-24(14-15)19(25)13-22-18-8-7-16(12-17(18)20(21)26)23-9-3-2-4-10-23/h7-8,12,15,22H,2-6,9-11,13-14H2,1H3,(H2,21,26)/t15-/m0/s1. The number of piperidine rings is 2. The van der Waals surface area contributed by atoms with Crippen molar-refractivity contribution in [2.45, 2.75) is 39.0 Å². The molecule has 3 rings (SSSR count). The fourth-order valence-electron chi connectivity index (χ4n) is 3.94. The maximum absolute atomic E-state index is 12.5. The Morgan fingerprint density at radius 2 is 1.92 bits per heavy atom. The smallest absolute Gasteiger partial charge is 0.250 e. The first-order chi connectivity index (χ1) is 12.5. The van der Waals surface area contributed by atoms with Crippen LogP contribution in [0.5, 0.6) is 0 Å². The normalized spacial score (nSPS) is 20.7. The molecule has 0 spiro atoms. The molecule has 0 aromatic heterocycles. The van der Waals surface area contributed by atoms with Crippen LogP contribution in [0, 0.1) is 5.92 Å². The summed E-state index contributed by atoms with van der Waals surface area (Å²) in [5.41, 5.74) is 7.70. The van der Waals surface area contributed by atoms with Gasteiger partial charge in [-0.25, -0.2) is 0 Å². The van der Waals surface area contributed by atoms with Gasteiger partial charge in [-0.2, -0.15) is 0 Å². The maximum Gasteiger partial charge on any atom is 0.250 e. The van der Waals surface area contributed by atoms with Gasteiger partial charge in [0, 0.05) is 37.6 Å². The average Bonchev–Trinajstić information content (AvgIpc) is 2.66. The maximum atomic E-state index is 12.5. The molecule has 0 bridgehead atoms. The monoisotopic (exact) mass is 358 g/mol. The number of nitrogens with two attached hydrogens (primary N) is 1. The molecule has 1 atom stereocenters. The number of carbonyl (C=O) groups is 2. The predicted molar refractivity (Wildman–Crippen MR) is 104 cm³/mol. The molecule has 3 N–H and O–H groups in total. The van der Waals surface area contributed by atoms with Gasteiger partial charge in [-0.15, -0.1) is 0 Å². The number of benzene rings is 1. The predicted octanol–water partition coefficient (Wildman–Crippen LogP) is 2.45. The van der Waals surface area contributed by atoms with Crippen molar-refractivity contribution >= 4 is 23.2 Å². The van der Waals surface area contributed by atoms with E-state index in [9.17, 15) is 9.59 Å². The molecule has 1 aromatic carbocycles. The Morgan fingerprint density at radius 1 is 1.15 bits per heavy atom. The highest BCUT2D eigenvalue weighted by Crippen LogP contribution is 2.26. The number of anilines is 2. The molecule has 142 valence electrons. The Hall–Kier alpha value is -2.24. The number of hydrogen-bond acceptors (Lipinski definition) is 4. The van der Waals surface area contributed by atoms with Crippen molar-refractivity contribution in [1.29, 1.82) is 0 Å². The lowest BCUT2D eigenvalue weighted by Crippen LogP contribution is -2.42. The molecule has 6 heteroatoms. The zero-order chi connectivity index (χ0) is 18.5. The molecule has 2 fully saturated rings. The van der Waals surface area contributed by atoms with Gasteiger partial charge in [0.1, 0.15) is 0 Å². The second kappa shape index (κ2) is 8.43. The summed E-state index contributed by atoms with van der Waals surface area (Å²) in [4.78, 5) is 28.6. The van der Waals surface area contributed by atoms with Crippen LogP contribution in [0.4, 0.5) is 11.4 Å².